The molecular formula is C48H84N6O6+4. The van der Waals surface area contributed by atoms with E-state index in [0.717, 1.165) is 127 Å². The number of fused-ring (bicyclic) bond motifs is 3. The summed E-state index contributed by atoms with van der Waals surface area (Å²) in [5.41, 5.74) is 4.35. The van der Waals surface area contributed by atoms with E-state index in [4.69, 9.17) is 15.2 Å². The molecule has 0 bridgehead atoms. The van der Waals surface area contributed by atoms with E-state index in [2.05, 4.69) is 73.5 Å². The molecule has 6 fully saturated rings. The first kappa shape index (κ1) is 46.0. The van der Waals surface area contributed by atoms with Gasteiger partial charge in [0, 0.05) is 49.4 Å². The summed E-state index contributed by atoms with van der Waals surface area (Å²) in [4.78, 5) is 45.5. The minimum atomic E-state index is -1.96. The number of hydrogen-bond acceptors (Lipinski definition) is 8. The Labute approximate surface area is 360 Å². The predicted octanol–water partition coefficient (Wildman–Crippen LogP) is 0.749. The third-order valence-corrected chi connectivity index (χ3v) is 16.7. The first-order chi connectivity index (χ1) is 28.8. The van der Waals surface area contributed by atoms with Crippen LogP contribution >= 0.6 is 0 Å². The zero-order valence-corrected chi connectivity index (χ0v) is 37.9. The molecule has 3 aliphatic heterocycles. The Bertz CT molecular complexity index is 1580. The second-order valence-electron chi connectivity index (χ2n) is 21.5. The van der Waals surface area contributed by atoms with E-state index >= 15 is 9.59 Å². The van der Waals surface area contributed by atoms with Crippen molar-refractivity contribution in [2.24, 2.45) is 58.5 Å². The number of Topliss-reactive ketones (excluding diaryl/α,β-unsaturated/α-hetero) is 2. The maximum atomic E-state index is 15.4. The largest absolute Gasteiger partial charge is 0.463 e. The summed E-state index contributed by atoms with van der Waals surface area (Å²) in [6.07, 6.45) is 20.1. The van der Waals surface area contributed by atoms with Crippen molar-refractivity contribution in [3.05, 3.63) is 23.3 Å². The minimum absolute atomic E-state index is 0.00840. The Balaban J connectivity index is 1.12. The molecule has 0 amide bonds. The van der Waals surface area contributed by atoms with Gasteiger partial charge in [-0.1, -0.05) is 38.0 Å². The minimum Gasteiger partial charge on any atom is -0.463 e. The van der Waals surface area contributed by atoms with Crippen LogP contribution in [0.4, 0.5) is 0 Å². The first-order valence-corrected chi connectivity index (χ1v) is 24.5. The van der Waals surface area contributed by atoms with Crippen molar-refractivity contribution in [1.82, 2.24) is 5.32 Å². The van der Waals surface area contributed by atoms with Gasteiger partial charge in [-0.2, -0.15) is 0 Å². The van der Waals surface area contributed by atoms with Gasteiger partial charge < -0.3 is 35.8 Å². The molecular weight excluding hydrogens is 757 g/mol. The molecule has 0 aromatic heterocycles. The molecule has 3 heterocycles. The molecule has 7 aliphatic rings. The summed E-state index contributed by atoms with van der Waals surface area (Å²) in [5, 5.41) is 23.8. The van der Waals surface area contributed by atoms with Crippen molar-refractivity contribution in [1.29, 1.82) is 0 Å². The van der Waals surface area contributed by atoms with Gasteiger partial charge in [-0.05, 0) is 119 Å². The molecule has 7 rings (SSSR count). The molecule has 12 nitrogen and oxygen atoms in total. The molecule has 0 aromatic rings. The van der Waals surface area contributed by atoms with Gasteiger partial charge >= 0.3 is 5.97 Å². The maximum Gasteiger partial charge on any atom is 0.350 e. The maximum absolute atomic E-state index is 15.4. The average molecular weight is 841 g/mol. The molecule has 3 saturated heterocycles. The van der Waals surface area contributed by atoms with Crippen LogP contribution in [0.1, 0.15) is 130 Å². The number of aliphatic hydroxyl groups excluding tert-OH is 1. The van der Waals surface area contributed by atoms with Crippen LogP contribution in [0, 0.1) is 52.8 Å². The summed E-state index contributed by atoms with van der Waals surface area (Å²) in [6, 6.07) is 0.328. The number of nitrogens with two attached hydrogens (primary N) is 5. The number of nitrogens with one attached hydrogen (secondary N) is 1. The van der Waals surface area contributed by atoms with E-state index in [0.29, 0.717) is 42.3 Å². The van der Waals surface area contributed by atoms with Crippen LogP contribution in [0.15, 0.2) is 23.3 Å². The number of quaternary nitrogens is 4. The van der Waals surface area contributed by atoms with Gasteiger partial charge in [0.2, 0.25) is 0 Å². The molecule has 3 saturated carbocycles. The number of hydrogen-bond donors (Lipinski definition) is 7. The third-order valence-electron chi connectivity index (χ3n) is 16.7. The van der Waals surface area contributed by atoms with Gasteiger partial charge in [-0.15, -0.1) is 0 Å². The number of carbonyl (C=O) groups excluding carboxylic acids is 3. The van der Waals surface area contributed by atoms with Crippen LogP contribution in [0.25, 0.3) is 0 Å². The van der Waals surface area contributed by atoms with E-state index in [1.165, 1.54) is 0 Å². The van der Waals surface area contributed by atoms with Gasteiger partial charge in [0.15, 0.2) is 17.2 Å². The number of esters is 1. The highest BCUT2D eigenvalue weighted by Crippen LogP contribution is 2.64. The topological polar surface area (TPSA) is 198 Å². The van der Waals surface area contributed by atoms with E-state index in [-0.39, 0.29) is 54.6 Å². The number of epoxide rings is 1. The molecule has 12 N–H and O–H groups in total. The fraction of sp³-hybridized carbons (Fsp3) is 0.854. The van der Waals surface area contributed by atoms with Gasteiger partial charge in [-0.25, -0.2) is 10.1 Å². The predicted molar refractivity (Wildman–Crippen MR) is 229 cm³/mol. The number of ether oxygens (including phenoxy) is 2. The molecule has 13 unspecified atom stereocenters. The van der Waals surface area contributed by atoms with Crippen molar-refractivity contribution < 1.29 is 50.2 Å². The number of ketones is 2. The Kier molecular flexibility index (Phi) is 15.2. The van der Waals surface area contributed by atoms with E-state index in [1.54, 1.807) is 0 Å². The molecule has 4 aliphatic carbocycles. The molecule has 12 heteroatoms. The number of carbonyl (C=O) groups is 3. The van der Waals surface area contributed by atoms with Crippen molar-refractivity contribution in [2.45, 2.75) is 160 Å². The van der Waals surface area contributed by atoms with Gasteiger partial charge in [0.1, 0.15) is 19.0 Å². The number of allylic oxidation sites excluding steroid dienone is 3. The van der Waals surface area contributed by atoms with Crippen LogP contribution in [-0.4, -0.2) is 98.8 Å². The SMILES string of the molecule is CC[NH2+]C1CC2C=CCCC2CC1COC(=O)C12OC1(CC(CO)=C(C)CCC1CC[NH2+]C(NC[NH2+]C)C1)C(=O)C1CCCC(CC(C)(C)CC3CCC(N)[NH2+]C3)C1C2=O. The van der Waals surface area contributed by atoms with Crippen molar-refractivity contribution in [3.8, 4) is 0 Å². The average Bonchev–Trinajstić information content (AvgIpc) is 3.94. The van der Waals surface area contributed by atoms with E-state index in [1.807, 2.05) is 0 Å². The summed E-state index contributed by atoms with van der Waals surface area (Å²) in [7, 11) is 2.07. The lowest BCUT2D eigenvalue weighted by atomic mass is 9.55. The van der Waals surface area contributed by atoms with Crippen molar-refractivity contribution >= 4 is 17.5 Å². The number of aliphatic hydroxyl groups is 1. The Morgan fingerprint density at radius 1 is 1.05 bits per heavy atom. The lowest BCUT2D eigenvalue weighted by Crippen LogP contribution is -2.97. The zero-order chi connectivity index (χ0) is 42.7. The van der Waals surface area contributed by atoms with Crippen molar-refractivity contribution in [3.63, 3.8) is 0 Å². The second kappa shape index (κ2) is 19.8. The lowest BCUT2D eigenvalue weighted by Gasteiger charge is -2.45. The smallest absolute Gasteiger partial charge is 0.350 e. The lowest BCUT2D eigenvalue weighted by molar-refractivity contribution is -0.716. The van der Waals surface area contributed by atoms with Crippen LogP contribution in [-0.2, 0) is 23.9 Å². The molecule has 60 heavy (non-hydrogen) atoms. The highest BCUT2D eigenvalue weighted by atomic mass is 16.7. The fourth-order valence-corrected chi connectivity index (χ4v) is 13.5. The summed E-state index contributed by atoms with van der Waals surface area (Å²) < 4.78 is 13.0. The monoisotopic (exact) mass is 841 g/mol. The van der Waals surface area contributed by atoms with Gasteiger partial charge in [-0.3, -0.25) is 15.3 Å². The van der Waals surface area contributed by atoms with Crippen molar-refractivity contribution in [2.75, 3.05) is 46.6 Å². The highest BCUT2D eigenvalue weighted by Gasteiger charge is 2.87. The van der Waals surface area contributed by atoms with Crippen LogP contribution in [0.3, 0.4) is 0 Å². The molecule has 0 spiro atoms. The van der Waals surface area contributed by atoms with E-state index in [9.17, 15) is 9.90 Å². The number of piperidine rings is 2. The summed E-state index contributed by atoms with van der Waals surface area (Å²) >= 11 is 0. The molecule has 338 valence electrons. The van der Waals surface area contributed by atoms with Gasteiger partial charge in [0.05, 0.1) is 45.9 Å². The Hall–Kier alpha value is -2.03. The van der Waals surface area contributed by atoms with E-state index < -0.39 is 29.0 Å². The first-order valence-electron chi connectivity index (χ1n) is 24.5. The van der Waals surface area contributed by atoms with Crippen LogP contribution in [0.5, 0.6) is 0 Å². The van der Waals surface area contributed by atoms with Crippen LogP contribution < -0.4 is 32.3 Å². The Morgan fingerprint density at radius 2 is 1.88 bits per heavy atom. The normalized spacial score (nSPS) is 39.6. The summed E-state index contributed by atoms with van der Waals surface area (Å²) in [5.74, 6) is 0.361. The van der Waals surface area contributed by atoms with Gasteiger partial charge in [0.25, 0.3) is 5.60 Å². The third kappa shape index (κ3) is 9.71. The highest BCUT2D eigenvalue weighted by molar-refractivity contribution is 6.23. The summed E-state index contributed by atoms with van der Waals surface area (Å²) in [6.45, 7) is 12.8. The quantitative estimate of drug-likeness (QED) is 0.0345. The molecule has 0 radical (unpaired) electrons. The fourth-order valence-electron chi connectivity index (χ4n) is 13.5. The Morgan fingerprint density at radius 3 is 2.63 bits per heavy atom. The zero-order valence-electron chi connectivity index (χ0n) is 37.9. The standard InChI is InChI=1S/C48H80N6O6/c1-6-51-39-22-34-11-8-7-10-33(34)21-36(39)28-59-45(58)48-44(57)42-35(24-46(3,4)23-32-16-17-40(49)53-26-32)12-9-13-38(42)43(56)47(48,60-48)25-37(27-55)30(2)14-15-31-18-19-52-41(20-31)54-29-50-5/h8,11,31-36,38-42,50-55H,6-7,9-10,12-29,49H2,1-5H3/p+4. The molecule has 0 aromatic carbocycles. The molecule has 13 atom stereocenters. The second-order valence-corrected chi connectivity index (χ2v) is 21.5. The van der Waals surface area contributed by atoms with Crippen LogP contribution in [0.2, 0.25) is 0 Å². The number of rotatable bonds is 18.